The normalized spacial score (nSPS) is 14.8. The van der Waals surface area contributed by atoms with Gasteiger partial charge >= 0.3 is 0 Å². The molecule has 1 aromatic carbocycles. The highest BCUT2D eigenvalue weighted by Crippen LogP contribution is 2.40. The number of hydrogen-bond donors (Lipinski definition) is 0. The number of hydrogen-bond acceptors (Lipinski definition) is 7. The second-order valence-corrected chi connectivity index (χ2v) is 11.9. The van der Waals surface area contributed by atoms with Crippen LogP contribution in [0.2, 0.25) is 0 Å². The summed E-state index contributed by atoms with van der Waals surface area (Å²) in [5.74, 6) is 0.891. The second-order valence-electron chi connectivity index (χ2n) is 11.9. The largest absolute Gasteiger partial charge is 0.493 e. The van der Waals surface area contributed by atoms with Crippen molar-refractivity contribution < 1.29 is 18.7 Å². The number of pyridine rings is 2. The number of nitrogens with zero attached hydrogens (tertiary/aromatic N) is 5. The lowest BCUT2D eigenvalue weighted by atomic mass is 9.90. The first-order valence-electron chi connectivity index (χ1n) is 15.1. The van der Waals surface area contributed by atoms with Gasteiger partial charge in [0, 0.05) is 63.9 Å². The standard InChI is InChI=1S/C34H41N5O5/c1-7-39-28-12-11-26(21-29(28)36(6)32(41)34(4,5)33(39)42)43-19-9-15-37(22-25-10-8-14-35-24(25)3)17-18-38-16-13-30-27(31(38)40)20-23(2)44-30/h8,10-14,16,20-21H,7,9,15,17-19,22H2,1-6H3. The molecule has 0 fully saturated rings. The number of carbonyl (C=O) groups excluding carboxylic acids is 2. The monoisotopic (exact) mass is 599 g/mol. The first-order valence-corrected chi connectivity index (χ1v) is 15.1. The highest BCUT2D eigenvalue weighted by molar-refractivity contribution is 6.20. The molecule has 5 rings (SSSR count). The maximum atomic E-state index is 13.2. The molecular formula is C34H41N5O5. The van der Waals surface area contributed by atoms with Crippen LogP contribution in [0.1, 0.15) is 44.2 Å². The topological polar surface area (TPSA) is 101 Å². The first kappa shape index (κ1) is 31.0. The molecule has 10 nitrogen and oxygen atoms in total. The molecule has 1 aliphatic heterocycles. The first-order chi connectivity index (χ1) is 21.0. The van der Waals surface area contributed by atoms with E-state index in [-0.39, 0.29) is 17.4 Å². The third-order valence-corrected chi connectivity index (χ3v) is 8.37. The molecule has 0 spiro atoms. The summed E-state index contributed by atoms with van der Waals surface area (Å²) in [6, 6.07) is 13.2. The van der Waals surface area contributed by atoms with E-state index < -0.39 is 5.41 Å². The molecule has 4 heterocycles. The van der Waals surface area contributed by atoms with Crippen molar-refractivity contribution in [1.82, 2.24) is 14.5 Å². The summed E-state index contributed by atoms with van der Waals surface area (Å²) in [7, 11) is 1.70. The van der Waals surface area contributed by atoms with Crippen LogP contribution in [0.3, 0.4) is 0 Å². The lowest BCUT2D eigenvalue weighted by Gasteiger charge is -2.27. The Hall–Kier alpha value is -4.44. The Labute approximate surface area is 257 Å². The molecule has 4 aromatic rings. The maximum absolute atomic E-state index is 13.2. The van der Waals surface area contributed by atoms with Gasteiger partial charge in [-0.1, -0.05) is 6.07 Å². The zero-order valence-corrected chi connectivity index (χ0v) is 26.4. The van der Waals surface area contributed by atoms with Gasteiger partial charge in [-0.05, 0) is 76.9 Å². The third kappa shape index (κ3) is 6.12. The van der Waals surface area contributed by atoms with Crippen LogP contribution in [0.4, 0.5) is 11.4 Å². The molecule has 44 heavy (non-hydrogen) atoms. The number of benzene rings is 1. The average molecular weight is 600 g/mol. The van der Waals surface area contributed by atoms with Gasteiger partial charge in [0.15, 0.2) is 0 Å². The zero-order valence-electron chi connectivity index (χ0n) is 26.4. The van der Waals surface area contributed by atoms with Crippen LogP contribution < -0.4 is 20.1 Å². The molecule has 0 radical (unpaired) electrons. The van der Waals surface area contributed by atoms with Crippen LogP contribution in [0.15, 0.2) is 64.1 Å². The van der Waals surface area contributed by atoms with Crippen LogP contribution in [-0.2, 0) is 22.7 Å². The van der Waals surface area contributed by atoms with Crippen molar-refractivity contribution in [2.24, 2.45) is 5.41 Å². The number of ether oxygens (including phenoxy) is 1. The van der Waals surface area contributed by atoms with Crippen molar-refractivity contribution in [1.29, 1.82) is 0 Å². The molecule has 0 saturated heterocycles. The van der Waals surface area contributed by atoms with Crippen molar-refractivity contribution in [3.63, 3.8) is 0 Å². The maximum Gasteiger partial charge on any atom is 0.261 e. The predicted octanol–water partition coefficient (Wildman–Crippen LogP) is 4.93. The summed E-state index contributed by atoms with van der Waals surface area (Å²) in [6.45, 7) is 12.7. The van der Waals surface area contributed by atoms with Gasteiger partial charge in [0.05, 0.1) is 23.4 Å². The van der Waals surface area contributed by atoms with E-state index in [0.717, 1.165) is 30.0 Å². The van der Waals surface area contributed by atoms with Crippen molar-refractivity contribution >= 4 is 34.2 Å². The Morgan fingerprint density at radius 3 is 2.55 bits per heavy atom. The van der Waals surface area contributed by atoms with Crippen LogP contribution in [0.5, 0.6) is 5.75 Å². The number of rotatable bonds is 11. The van der Waals surface area contributed by atoms with E-state index in [1.807, 2.05) is 51.1 Å². The van der Waals surface area contributed by atoms with E-state index in [2.05, 4.69) is 16.0 Å². The van der Waals surface area contributed by atoms with Gasteiger partial charge in [-0.15, -0.1) is 0 Å². The smallest absolute Gasteiger partial charge is 0.261 e. The molecule has 0 N–H and O–H groups in total. The van der Waals surface area contributed by atoms with E-state index >= 15 is 0 Å². The number of aromatic nitrogens is 2. The fraction of sp³-hybridized carbons (Fsp3) is 0.412. The summed E-state index contributed by atoms with van der Waals surface area (Å²) in [4.78, 5) is 49.4. The van der Waals surface area contributed by atoms with Gasteiger partial charge in [0.1, 0.15) is 22.5 Å². The lowest BCUT2D eigenvalue weighted by molar-refractivity contribution is -0.137. The molecule has 0 aliphatic carbocycles. The fourth-order valence-corrected chi connectivity index (χ4v) is 5.77. The van der Waals surface area contributed by atoms with Crippen LogP contribution in [0.25, 0.3) is 11.0 Å². The van der Waals surface area contributed by atoms with E-state index in [1.54, 1.807) is 53.7 Å². The highest BCUT2D eigenvalue weighted by atomic mass is 16.5. The van der Waals surface area contributed by atoms with Crippen molar-refractivity contribution in [2.45, 2.75) is 54.1 Å². The van der Waals surface area contributed by atoms with Crippen LogP contribution >= 0.6 is 0 Å². The highest BCUT2D eigenvalue weighted by Gasteiger charge is 2.45. The molecule has 0 atom stereocenters. The lowest BCUT2D eigenvalue weighted by Crippen LogP contribution is -2.47. The van der Waals surface area contributed by atoms with Gasteiger partial charge < -0.3 is 23.5 Å². The van der Waals surface area contributed by atoms with Crippen molar-refractivity contribution in [3.8, 4) is 5.75 Å². The van der Waals surface area contributed by atoms with Gasteiger partial charge in [-0.3, -0.25) is 24.3 Å². The molecule has 0 unspecified atom stereocenters. The van der Waals surface area contributed by atoms with E-state index in [4.69, 9.17) is 9.15 Å². The molecule has 3 aromatic heterocycles. The number of anilines is 2. The summed E-state index contributed by atoms with van der Waals surface area (Å²) in [5, 5.41) is 0.594. The minimum absolute atomic E-state index is 0.0569. The van der Waals surface area contributed by atoms with Crippen LogP contribution in [0, 0.1) is 19.3 Å². The number of furan rings is 1. The van der Waals surface area contributed by atoms with Crippen molar-refractivity contribution in [2.75, 3.05) is 43.1 Å². The second kappa shape index (κ2) is 12.7. The minimum atomic E-state index is -1.16. The summed E-state index contributed by atoms with van der Waals surface area (Å²) in [5.41, 5.74) is 2.86. The molecule has 2 amide bonds. The summed E-state index contributed by atoms with van der Waals surface area (Å²) < 4.78 is 13.5. The van der Waals surface area contributed by atoms with E-state index in [1.165, 1.54) is 0 Å². The molecular weight excluding hydrogens is 558 g/mol. The summed E-state index contributed by atoms with van der Waals surface area (Å²) in [6.07, 6.45) is 4.33. The molecule has 0 bridgehead atoms. The quantitative estimate of drug-likeness (QED) is 0.178. The SMILES string of the molecule is CCN1C(=O)C(C)(C)C(=O)N(C)c2cc(OCCCN(CCn3ccc4oc(C)cc4c3=O)Cc3cccnc3C)ccc21. The number of amides is 2. The van der Waals surface area contributed by atoms with Gasteiger partial charge in [0.2, 0.25) is 11.8 Å². The average Bonchev–Trinajstić information content (AvgIpc) is 3.38. The third-order valence-electron chi connectivity index (χ3n) is 8.37. The van der Waals surface area contributed by atoms with Crippen molar-refractivity contribution in [3.05, 3.63) is 82.2 Å². The number of aryl methyl sites for hydroxylation is 2. The van der Waals surface area contributed by atoms with Gasteiger partial charge in [-0.2, -0.15) is 0 Å². The molecule has 232 valence electrons. The molecule has 10 heteroatoms. The summed E-state index contributed by atoms with van der Waals surface area (Å²) >= 11 is 0. The molecule has 0 saturated carbocycles. The fourth-order valence-electron chi connectivity index (χ4n) is 5.77. The Bertz CT molecular complexity index is 1740. The Balaban J connectivity index is 1.27. The Kier molecular flexibility index (Phi) is 8.92. The van der Waals surface area contributed by atoms with E-state index in [0.29, 0.717) is 60.9 Å². The zero-order chi connectivity index (χ0) is 31.6. The van der Waals surface area contributed by atoms with E-state index in [9.17, 15) is 14.4 Å². The minimum Gasteiger partial charge on any atom is -0.493 e. The number of carbonyl (C=O) groups is 2. The Morgan fingerprint density at radius 2 is 1.80 bits per heavy atom. The van der Waals surface area contributed by atoms with Gasteiger partial charge in [-0.25, -0.2) is 0 Å². The van der Waals surface area contributed by atoms with Gasteiger partial charge in [0.25, 0.3) is 5.56 Å². The number of fused-ring (bicyclic) bond motifs is 2. The Morgan fingerprint density at radius 1 is 1.00 bits per heavy atom. The molecule has 1 aliphatic rings. The van der Waals surface area contributed by atoms with Crippen LogP contribution in [-0.4, -0.2) is 59.6 Å². The predicted molar refractivity (Wildman–Crippen MR) is 171 cm³/mol.